The van der Waals surface area contributed by atoms with Crippen LogP contribution in [0.25, 0.3) is 11.2 Å². The smallest absolute Gasteiger partial charge is 0.245 e. The molecule has 68 valence electrons. The van der Waals surface area contributed by atoms with Crippen LogP contribution < -0.4 is 4.74 Å². The summed E-state index contributed by atoms with van der Waals surface area (Å²) in [4.78, 5) is 12.3. The second kappa shape index (κ2) is 3.01. The molecule has 2 rings (SSSR count). The number of rotatable bonds is 2. The Bertz CT molecular complexity index is 423. The van der Waals surface area contributed by atoms with Gasteiger partial charge in [0.15, 0.2) is 11.2 Å². The van der Waals surface area contributed by atoms with E-state index in [1.165, 1.54) is 6.33 Å². The van der Waals surface area contributed by atoms with Crippen LogP contribution in [0.15, 0.2) is 12.7 Å². The summed E-state index contributed by atoms with van der Waals surface area (Å²) in [6.07, 6.45) is 3.22. The zero-order valence-corrected chi connectivity index (χ0v) is 7.56. The number of aryl methyl sites for hydroxylation is 1. The molecule has 0 aliphatic heterocycles. The quantitative estimate of drug-likeness (QED) is 0.684. The van der Waals surface area contributed by atoms with Crippen molar-refractivity contribution in [2.24, 2.45) is 0 Å². The van der Waals surface area contributed by atoms with E-state index in [-0.39, 0.29) is 0 Å². The average molecular weight is 178 g/mol. The highest BCUT2D eigenvalue weighted by molar-refractivity contribution is 5.75. The van der Waals surface area contributed by atoms with Gasteiger partial charge in [0, 0.05) is 6.54 Å². The molecule has 0 unspecified atom stereocenters. The molecule has 0 aromatic carbocycles. The van der Waals surface area contributed by atoms with E-state index in [2.05, 4.69) is 15.0 Å². The molecule has 2 aromatic heterocycles. The lowest BCUT2D eigenvalue weighted by Crippen LogP contribution is -1.95. The summed E-state index contributed by atoms with van der Waals surface area (Å²) in [5.74, 6) is 0.525. The maximum Gasteiger partial charge on any atom is 0.245 e. The minimum atomic E-state index is 0.525. The van der Waals surface area contributed by atoms with Crippen LogP contribution in [-0.2, 0) is 6.54 Å². The molecule has 0 N–H and O–H groups in total. The van der Waals surface area contributed by atoms with Gasteiger partial charge in [0.1, 0.15) is 6.33 Å². The van der Waals surface area contributed by atoms with Crippen LogP contribution in [-0.4, -0.2) is 26.6 Å². The normalized spacial score (nSPS) is 10.6. The molecule has 0 atom stereocenters. The van der Waals surface area contributed by atoms with Crippen molar-refractivity contribution >= 4 is 11.2 Å². The van der Waals surface area contributed by atoms with E-state index in [1.54, 1.807) is 13.4 Å². The second-order valence-corrected chi connectivity index (χ2v) is 2.59. The number of aromatic nitrogens is 4. The Kier molecular flexibility index (Phi) is 1.84. The monoisotopic (exact) mass is 178 g/mol. The molecule has 0 aliphatic rings. The molecule has 5 heteroatoms. The van der Waals surface area contributed by atoms with Crippen molar-refractivity contribution in [1.29, 1.82) is 0 Å². The Hall–Kier alpha value is -1.65. The first-order valence-electron chi connectivity index (χ1n) is 4.06. The minimum Gasteiger partial charge on any atom is -0.479 e. The van der Waals surface area contributed by atoms with E-state index in [9.17, 15) is 0 Å². The van der Waals surface area contributed by atoms with E-state index in [0.717, 1.165) is 12.2 Å². The molecule has 0 spiro atoms. The van der Waals surface area contributed by atoms with E-state index >= 15 is 0 Å². The standard InChI is InChI=1S/C8H10N4O/c1-3-12-5-11-6-7(12)9-4-10-8(6)13-2/h4-5H,3H2,1-2H3. The van der Waals surface area contributed by atoms with Crippen molar-refractivity contribution in [3.8, 4) is 5.88 Å². The van der Waals surface area contributed by atoms with Crippen molar-refractivity contribution in [2.75, 3.05) is 7.11 Å². The first-order valence-corrected chi connectivity index (χ1v) is 4.06. The molecule has 0 radical (unpaired) electrons. The summed E-state index contributed by atoms with van der Waals surface area (Å²) in [7, 11) is 1.58. The average Bonchev–Trinajstić information content (AvgIpc) is 2.60. The Morgan fingerprint density at radius 1 is 1.38 bits per heavy atom. The van der Waals surface area contributed by atoms with Crippen LogP contribution >= 0.6 is 0 Å². The fraction of sp³-hybridized carbons (Fsp3) is 0.375. The van der Waals surface area contributed by atoms with Crippen molar-refractivity contribution < 1.29 is 4.74 Å². The number of methoxy groups -OCH3 is 1. The lowest BCUT2D eigenvalue weighted by atomic mass is 10.5. The van der Waals surface area contributed by atoms with Crippen LogP contribution in [0.2, 0.25) is 0 Å². The summed E-state index contributed by atoms with van der Waals surface area (Å²) < 4.78 is 7.00. The molecule has 0 saturated heterocycles. The van der Waals surface area contributed by atoms with Crippen molar-refractivity contribution in [3.05, 3.63) is 12.7 Å². The van der Waals surface area contributed by atoms with Crippen LogP contribution in [0, 0.1) is 0 Å². The largest absolute Gasteiger partial charge is 0.479 e. The lowest BCUT2D eigenvalue weighted by Gasteiger charge is -1.99. The fourth-order valence-corrected chi connectivity index (χ4v) is 1.24. The summed E-state index contributed by atoms with van der Waals surface area (Å²) in [5.41, 5.74) is 1.53. The first kappa shape index (κ1) is 7.97. The van der Waals surface area contributed by atoms with Crippen molar-refractivity contribution in [1.82, 2.24) is 19.5 Å². The zero-order valence-electron chi connectivity index (χ0n) is 7.56. The van der Waals surface area contributed by atoms with Gasteiger partial charge in [-0.05, 0) is 6.92 Å². The second-order valence-electron chi connectivity index (χ2n) is 2.59. The van der Waals surface area contributed by atoms with Crippen molar-refractivity contribution in [3.63, 3.8) is 0 Å². The number of ether oxygens (including phenoxy) is 1. The number of imidazole rings is 1. The molecule has 0 fully saturated rings. The molecule has 2 aromatic rings. The maximum absolute atomic E-state index is 5.06. The van der Waals surface area contributed by atoms with E-state index in [1.807, 2.05) is 11.5 Å². The summed E-state index contributed by atoms with van der Waals surface area (Å²) in [6, 6.07) is 0. The predicted octanol–water partition coefficient (Wildman–Crippen LogP) is 0.855. The third-order valence-corrected chi connectivity index (χ3v) is 1.90. The van der Waals surface area contributed by atoms with E-state index in [4.69, 9.17) is 4.74 Å². The molecule has 0 bridgehead atoms. The molecule has 2 heterocycles. The topological polar surface area (TPSA) is 52.8 Å². The van der Waals surface area contributed by atoms with Gasteiger partial charge < -0.3 is 9.30 Å². The Balaban J connectivity index is 2.72. The molecular weight excluding hydrogens is 168 g/mol. The molecule has 13 heavy (non-hydrogen) atoms. The van der Waals surface area contributed by atoms with Gasteiger partial charge in [0.25, 0.3) is 0 Å². The highest BCUT2D eigenvalue weighted by Crippen LogP contribution is 2.18. The lowest BCUT2D eigenvalue weighted by molar-refractivity contribution is 0.401. The Morgan fingerprint density at radius 2 is 2.23 bits per heavy atom. The summed E-state index contributed by atoms with van der Waals surface area (Å²) in [5, 5.41) is 0. The van der Waals surface area contributed by atoms with Crippen LogP contribution in [0.5, 0.6) is 5.88 Å². The van der Waals surface area contributed by atoms with Gasteiger partial charge >= 0.3 is 0 Å². The number of hydrogen-bond acceptors (Lipinski definition) is 4. The third-order valence-electron chi connectivity index (χ3n) is 1.90. The van der Waals surface area contributed by atoms with Gasteiger partial charge in [-0.2, -0.15) is 4.98 Å². The number of hydrogen-bond donors (Lipinski definition) is 0. The highest BCUT2D eigenvalue weighted by atomic mass is 16.5. The molecule has 0 saturated carbocycles. The SMILES string of the molecule is CCn1cnc2c(OC)ncnc21. The van der Waals surface area contributed by atoms with Gasteiger partial charge in [-0.15, -0.1) is 0 Å². The van der Waals surface area contributed by atoms with Crippen LogP contribution in [0.1, 0.15) is 6.92 Å². The van der Waals surface area contributed by atoms with Crippen molar-refractivity contribution in [2.45, 2.75) is 13.5 Å². The van der Waals surface area contributed by atoms with E-state index < -0.39 is 0 Å². The minimum absolute atomic E-state index is 0.525. The van der Waals surface area contributed by atoms with Gasteiger partial charge in [-0.1, -0.05) is 0 Å². The van der Waals surface area contributed by atoms with Gasteiger partial charge in [0.2, 0.25) is 5.88 Å². The van der Waals surface area contributed by atoms with Gasteiger partial charge in [-0.3, -0.25) is 0 Å². The zero-order chi connectivity index (χ0) is 9.26. The molecular formula is C8H10N4O. The predicted molar refractivity (Wildman–Crippen MR) is 47.5 cm³/mol. The van der Waals surface area contributed by atoms with Gasteiger partial charge in [-0.25, -0.2) is 9.97 Å². The third kappa shape index (κ3) is 1.12. The Morgan fingerprint density at radius 3 is 2.92 bits per heavy atom. The van der Waals surface area contributed by atoms with Crippen LogP contribution in [0.4, 0.5) is 0 Å². The molecule has 0 amide bonds. The first-order chi connectivity index (χ1) is 6.36. The van der Waals surface area contributed by atoms with Gasteiger partial charge in [0.05, 0.1) is 13.4 Å². The number of nitrogens with zero attached hydrogens (tertiary/aromatic N) is 4. The number of fused-ring (bicyclic) bond motifs is 1. The summed E-state index contributed by atoms with van der Waals surface area (Å²) >= 11 is 0. The van der Waals surface area contributed by atoms with Crippen LogP contribution in [0.3, 0.4) is 0 Å². The molecule has 5 nitrogen and oxygen atoms in total. The highest BCUT2D eigenvalue weighted by Gasteiger charge is 2.08. The van der Waals surface area contributed by atoms with E-state index in [0.29, 0.717) is 11.4 Å². The maximum atomic E-state index is 5.06. The molecule has 0 aliphatic carbocycles. The Labute approximate surface area is 75.4 Å². The fourth-order valence-electron chi connectivity index (χ4n) is 1.24. The summed E-state index contributed by atoms with van der Waals surface area (Å²) in [6.45, 7) is 2.88.